The first-order valence-electron chi connectivity index (χ1n) is 5.65. The van der Waals surface area contributed by atoms with Crippen molar-refractivity contribution in [2.24, 2.45) is 0 Å². The zero-order valence-electron chi connectivity index (χ0n) is 10.2. The fourth-order valence-corrected chi connectivity index (χ4v) is 1.61. The molecule has 0 aliphatic carbocycles. The number of aryl methyl sites for hydroxylation is 1. The third kappa shape index (κ3) is 2.49. The van der Waals surface area contributed by atoms with E-state index in [1.54, 1.807) is 38.1 Å². The lowest BCUT2D eigenvalue weighted by Crippen LogP contribution is -1.99. The molecular weight excluding hydrogens is 233 g/mol. The van der Waals surface area contributed by atoms with Crippen LogP contribution in [-0.4, -0.2) is 10.1 Å². The molecule has 0 aliphatic heterocycles. The Morgan fingerprint density at radius 1 is 1.28 bits per heavy atom. The van der Waals surface area contributed by atoms with Crippen molar-refractivity contribution in [2.45, 2.75) is 20.0 Å². The maximum Gasteiger partial charge on any atom is 0.225 e. The maximum atomic E-state index is 13.8. The second-order valence-corrected chi connectivity index (χ2v) is 4.06. The maximum absolute atomic E-state index is 13.8. The van der Waals surface area contributed by atoms with Crippen LogP contribution in [0.4, 0.5) is 4.39 Å². The van der Waals surface area contributed by atoms with Crippen LogP contribution in [0.15, 0.2) is 36.5 Å². The summed E-state index contributed by atoms with van der Waals surface area (Å²) in [6.07, 6.45) is 0.816. The first-order chi connectivity index (χ1) is 8.59. The summed E-state index contributed by atoms with van der Waals surface area (Å²) in [5.74, 6) is -0.0905. The van der Waals surface area contributed by atoms with E-state index in [2.05, 4.69) is 4.98 Å². The van der Waals surface area contributed by atoms with Crippen molar-refractivity contribution in [3.05, 3.63) is 53.5 Å². The number of aliphatic hydroxyl groups excluding tert-OH is 1. The summed E-state index contributed by atoms with van der Waals surface area (Å²) in [6.45, 7) is 3.27. The average molecular weight is 247 g/mol. The van der Waals surface area contributed by atoms with Crippen LogP contribution in [0.5, 0.6) is 11.6 Å². The molecule has 0 radical (unpaired) electrons. The van der Waals surface area contributed by atoms with E-state index in [1.807, 2.05) is 0 Å². The highest BCUT2D eigenvalue weighted by molar-refractivity contribution is 5.36. The predicted octanol–water partition coefficient (Wildman–Crippen LogP) is 3.37. The van der Waals surface area contributed by atoms with Gasteiger partial charge in [0.1, 0.15) is 0 Å². The smallest absolute Gasteiger partial charge is 0.225 e. The first-order valence-corrected chi connectivity index (χ1v) is 5.65. The summed E-state index contributed by atoms with van der Waals surface area (Å²) in [5.41, 5.74) is 1.03. The third-order valence-electron chi connectivity index (χ3n) is 2.61. The number of ether oxygens (including phenoxy) is 1. The molecule has 4 heteroatoms. The Bertz CT molecular complexity index is 555. The van der Waals surface area contributed by atoms with Gasteiger partial charge in [0.2, 0.25) is 5.88 Å². The molecule has 1 heterocycles. The molecule has 2 aromatic rings. The van der Waals surface area contributed by atoms with Crippen molar-refractivity contribution in [3.63, 3.8) is 0 Å². The molecular formula is C14H14FNO2. The van der Waals surface area contributed by atoms with Crippen LogP contribution in [-0.2, 0) is 0 Å². The van der Waals surface area contributed by atoms with Gasteiger partial charge < -0.3 is 9.84 Å². The number of hydrogen-bond acceptors (Lipinski definition) is 3. The van der Waals surface area contributed by atoms with Crippen LogP contribution < -0.4 is 4.74 Å². The van der Waals surface area contributed by atoms with Gasteiger partial charge in [0.25, 0.3) is 0 Å². The van der Waals surface area contributed by atoms with E-state index in [1.165, 1.54) is 12.3 Å². The van der Waals surface area contributed by atoms with Gasteiger partial charge in [0, 0.05) is 11.8 Å². The Hall–Kier alpha value is -1.94. The van der Waals surface area contributed by atoms with Crippen molar-refractivity contribution >= 4 is 0 Å². The van der Waals surface area contributed by atoms with Gasteiger partial charge in [-0.25, -0.2) is 9.37 Å². The molecule has 1 N–H and O–H groups in total. The number of aromatic nitrogens is 1. The van der Waals surface area contributed by atoms with Crippen LogP contribution in [0.1, 0.15) is 24.2 Å². The lowest BCUT2D eigenvalue weighted by molar-refractivity contribution is 0.194. The molecule has 0 saturated carbocycles. The highest BCUT2D eigenvalue weighted by Crippen LogP contribution is 2.29. The normalized spacial score (nSPS) is 12.2. The Morgan fingerprint density at radius 3 is 2.78 bits per heavy atom. The predicted molar refractivity (Wildman–Crippen MR) is 66.1 cm³/mol. The molecule has 0 unspecified atom stereocenters. The van der Waals surface area contributed by atoms with Crippen molar-refractivity contribution in [1.29, 1.82) is 0 Å². The molecule has 0 saturated heterocycles. The molecule has 1 aromatic carbocycles. The first kappa shape index (κ1) is 12.5. The van der Waals surface area contributed by atoms with E-state index in [9.17, 15) is 9.50 Å². The number of pyridine rings is 1. The summed E-state index contributed by atoms with van der Waals surface area (Å²) < 4.78 is 19.2. The quantitative estimate of drug-likeness (QED) is 0.904. The number of rotatable bonds is 3. The minimum atomic E-state index is -0.721. The molecule has 18 heavy (non-hydrogen) atoms. The van der Waals surface area contributed by atoms with Gasteiger partial charge in [-0.15, -0.1) is 0 Å². The third-order valence-corrected chi connectivity index (χ3v) is 2.61. The second-order valence-electron chi connectivity index (χ2n) is 4.06. The summed E-state index contributed by atoms with van der Waals surface area (Å²) >= 11 is 0. The van der Waals surface area contributed by atoms with Gasteiger partial charge >= 0.3 is 0 Å². The van der Waals surface area contributed by atoms with E-state index < -0.39 is 11.9 Å². The molecule has 0 amide bonds. The van der Waals surface area contributed by atoms with Gasteiger partial charge in [0.05, 0.1) is 6.10 Å². The largest absolute Gasteiger partial charge is 0.436 e. The van der Waals surface area contributed by atoms with Crippen molar-refractivity contribution < 1.29 is 14.2 Å². The Labute approximate surface area is 105 Å². The fourth-order valence-electron chi connectivity index (χ4n) is 1.61. The zero-order chi connectivity index (χ0) is 13.1. The molecule has 0 fully saturated rings. The SMILES string of the molecule is Cc1cccc(Oc2ncccc2[C@@H](C)O)c1F. The van der Waals surface area contributed by atoms with Gasteiger partial charge in [0.15, 0.2) is 11.6 Å². The van der Waals surface area contributed by atoms with E-state index in [-0.39, 0.29) is 11.6 Å². The van der Waals surface area contributed by atoms with Crippen molar-refractivity contribution in [3.8, 4) is 11.6 Å². The Balaban J connectivity index is 2.37. The molecule has 94 valence electrons. The van der Waals surface area contributed by atoms with E-state index in [4.69, 9.17) is 4.74 Å². The van der Waals surface area contributed by atoms with Crippen LogP contribution in [0, 0.1) is 12.7 Å². The van der Waals surface area contributed by atoms with E-state index in [0.29, 0.717) is 11.1 Å². The summed E-state index contributed by atoms with van der Waals surface area (Å²) in [5, 5.41) is 9.59. The molecule has 2 rings (SSSR count). The van der Waals surface area contributed by atoms with Crippen LogP contribution in [0.25, 0.3) is 0 Å². The standard InChI is InChI=1S/C14H14FNO2/c1-9-5-3-7-12(13(9)15)18-14-11(10(2)17)6-4-8-16-14/h3-8,10,17H,1-2H3/t10-/m1/s1. The molecule has 0 bridgehead atoms. The number of hydrogen-bond donors (Lipinski definition) is 1. The number of nitrogens with zero attached hydrogens (tertiary/aromatic N) is 1. The summed E-state index contributed by atoms with van der Waals surface area (Å²) in [6, 6.07) is 8.29. The lowest BCUT2D eigenvalue weighted by atomic mass is 10.2. The molecule has 1 aromatic heterocycles. The van der Waals surface area contributed by atoms with Gasteiger partial charge in [-0.2, -0.15) is 0 Å². The molecule has 0 aliphatic rings. The monoisotopic (exact) mass is 247 g/mol. The van der Waals surface area contributed by atoms with Crippen LogP contribution in [0.2, 0.25) is 0 Å². The number of aliphatic hydroxyl groups is 1. The minimum Gasteiger partial charge on any atom is -0.436 e. The highest BCUT2D eigenvalue weighted by atomic mass is 19.1. The van der Waals surface area contributed by atoms with Gasteiger partial charge in [-0.1, -0.05) is 12.1 Å². The number of halogens is 1. The highest BCUT2D eigenvalue weighted by Gasteiger charge is 2.13. The lowest BCUT2D eigenvalue weighted by Gasteiger charge is -2.12. The van der Waals surface area contributed by atoms with Crippen molar-refractivity contribution in [2.75, 3.05) is 0 Å². The zero-order valence-corrected chi connectivity index (χ0v) is 10.2. The van der Waals surface area contributed by atoms with Crippen LogP contribution >= 0.6 is 0 Å². The van der Waals surface area contributed by atoms with Gasteiger partial charge in [-0.05, 0) is 37.6 Å². The second kappa shape index (κ2) is 5.14. The van der Waals surface area contributed by atoms with E-state index in [0.717, 1.165) is 0 Å². The topological polar surface area (TPSA) is 42.4 Å². The molecule has 0 spiro atoms. The fraction of sp³-hybridized carbons (Fsp3) is 0.214. The van der Waals surface area contributed by atoms with Gasteiger partial charge in [-0.3, -0.25) is 0 Å². The summed E-state index contributed by atoms with van der Waals surface area (Å²) in [7, 11) is 0. The average Bonchev–Trinajstić information content (AvgIpc) is 2.35. The molecule has 3 nitrogen and oxygen atoms in total. The molecule has 1 atom stereocenters. The van der Waals surface area contributed by atoms with Crippen LogP contribution in [0.3, 0.4) is 0 Å². The Kier molecular flexibility index (Phi) is 3.58. The minimum absolute atomic E-state index is 0.107. The summed E-state index contributed by atoms with van der Waals surface area (Å²) in [4.78, 5) is 4.02. The van der Waals surface area contributed by atoms with Crippen molar-refractivity contribution in [1.82, 2.24) is 4.98 Å². The van der Waals surface area contributed by atoms with E-state index >= 15 is 0 Å². The Morgan fingerprint density at radius 2 is 2.06 bits per heavy atom. The number of benzene rings is 1.